The van der Waals surface area contributed by atoms with Crippen LogP contribution in [-0.2, 0) is 9.59 Å². The first kappa shape index (κ1) is 21.8. The zero-order chi connectivity index (χ0) is 21.5. The Morgan fingerprint density at radius 3 is 2.27 bits per heavy atom. The largest absolute Gasteiger partial charge is 0.367 e. The third kappa shape index (κ3) is 5.57. The quantitative estimate of drug-likeness (QED) is 0.566. The summed E-state index contributed by atoms with van der Waals surface area (Å²) in [5.41, 5.74) is 3.18. The van der Waals surface area contributed by atoms with Gasteiger partial charge in [0, 0.05) is 38.4 Å². The van der Waals surface area contributed by atoms with Crippen LogP contribution in [0.25, 0.3) is 0 Å². The lowest BCUT2D eigenvalue weighted by Gasteiger charge is -2.36. The van der Waals surface area contributed by atoms with Gasteiger partial charge in [-0.2, -0.15) is 0 Å². The summed E-state index contributed by atoms with van der Waals surface area (Å²) >= 11 is 0. The second-order valence-corrected chi connectivity index (χ2v) is 7.61. The monoisotopic (exact) mass is 412 g/mol. The van der Waals surface area contributed by atoms with Crippen molar-refractivity contribution in [3.63, 3.8) is 0 Å². The number of nitrogens with zero attached hydrogens (tertiary/aromatic N) is 2. The van der Waals surface area contributed by atoms with Crippen LogP contribution in [-0.4, -0.2) is 56.0 Å². The number of hydrogen-bond donors (Lipinski definition) is 2. The molecule has 0 unspecified atom stereocenters. The van der Waals surface area contributed by atoms with E-state index in [1.165, 1.54) is 6.07 Å². The lowest BCUT2D eigenvalue weighted by Crippen LogP contribution is -2.47. The second-order valence-electron chi connectivity index (χ2n) is 7.61. The number of halogens is 1. The molecule has 2 aromatic rings. The molecule has 30 heavy (non-hydrogen) atoms. The Morgan fingerprint density at radius 2 is 1.60 bits per heavy atom. The van der Waals surface area contributed by atoms with Crippen LogP contribution in [0.4, 0.5) is 15.8 Å². The first-order valence-electron chi connectivity index (χ1n) is 10.3. The molecule has 0 spiro atoms. The van der Waals surface area contributed by atoms with Gasteiger partial charge in [0.1, 0.15) is 5.82 Å². The van der Waals surface area contributed by atoms with E-state index in [0.717, 1.165) is 50.3 Å². The SMILES string of the molecule is Cc1cccc(C)c1NC(=O)C(=O)NCCCN1CCN(c2ccccc2F)CC1. The smallest absolute Gasteiger partial charge is 0.313 e. The predicted molar refractivity (Wildman–Crippen MR) is 117 cm³/mol. The Kier molecular flexibility index (Phi) is 7.41. The Balaban J connectivity index is 1.36. The number of anilines is 2. The molecule has 1 aliphatic rings. The normalized spacial score (nSPS) is 14.4. The highest BCUT2D eigenvalue weighted by Crippen LogP contribution is 2.20. The van der Waals surface area contributed by atoms with Crippen molar-refractivity contribution in [2.75, 3.05) is 49.5 Å². The number of rotatable bonds is 6. The van der Waals surface area contributed by atoms with E-state index in [9.17, 15) is 14.0 Å². The summed E-state index contributed by atoms with van der Waals surface area (Å²) in [4.78, 5) is 28.6. The molecule has 2 N–H and O–H groups in total. The molecule has 2 amide bonds. The molecule has 0 saturated carbocycles. The van der Waals surface area contributed by atoms with Crippen LogP contribution in [0.1, 0.15) is 17.5 Å². The van der Waals surface area contributed by atoms with E-state index >= 15 is 0 Å². The molecule has 0 aromatic heterocycles. The maximum absolute atomic E-state index is 13.9. The van der Waals surface area contributed by atoms with Crippen LogP contribution in [0.2, 0.25) is 0 Å². The fourth-order valence-electron chi connectivity index (χ4n) is 3.69. The van der Waals surface area contributed by atoms with Crippen LogP contribution < -0.4 is 15.5 Å². The van der Waals surface area contributed by atoms with E-state index in [2.05, 4.69) is 20.4 Å². The standard InChI is InChI=1S/C23H29FN4O2/c1-17-7-5-8-18(2)21(17)26-23(30)22(29)25-11-6-12-27-13-15-28(16-14-27)20-10-4-3-9-19(20)24/h3-5,7-10H,6,11-16H2,1-2H3,(H,25,29)(H,26,30). The van der Waals surface area contributed by atoms with Crippen LogP contribution in [0.15, 0.2) is 42.5 Å². The highest BCUT2D eigenvalue weighted by atomic mass is 19.1. The lowest BCUT2D eigenvalue weighted by molar-refractivity contribution is -0.136. The number of para-hydroxylation sites is 2. The maximum atomic E-state index is 13.9. The summed E-state index contributed by atoms with van der Waals surface area (Å²) in [7, 11) is 0. The van der Waals surface area contributed by atoms with Crippen molar-refractivity contribution in [2.45, 2.75) is 20.3 Å². The van der Waals surface area contributed by atoms with Crippen molar-refractivity contribution in [3.05, 3.63) is 59.4 Å². The topological polar surface area (TPSA) is 64.7 Å². The van der Waals surface area contributed by atoms with Crippen LogP contribution in [0.5, 0.6) is 0 Å². The number of carbonyl (C=O) groups is 2. The van der Waals surface area contributed by atoms with Gasteiger partial charge in [-0.3, -0.25) is 14.5 Å². The Labute approximate surface area is 177 Å². The average Bonchev–Trinajstić information content (AvgIpc) is 2.74. The van der Waals surface area contributed by atoms with Crippen LogP contribution in [0, 0.1) is 19.7 Å². The molecule has 0 atom stereocenters. The summed E-state index contributed by atoms with van der Waals surface area (Å²) < 4.78 is 13.9. The Bertz CT molecular complexity index is 874. The van der Waals surface area contributed by atoms with Gasteiger partial charge in [-0.05, 0) is 50.1 Å². The van der Waals surface area contributed by atoms with Crippen LogP contribution >= 0.6 is 0 Å². The molecule has 1 saturated heterocycles. The van der Waals surface area contributed by atoms with Gasteiger partial charge in [0.15, 0.2) is 0 Å². The highest BCUT2D eigenvalue weighted by molar-refractivity contribution is 6.39. The second kappa shape index (κ2) is 10.2. The molecule has 0 aliphatic carbocycles. The molecule has 6 nitrogen and oxygen atoms in total. The van der Waals surface area contributed by atoms with Crippen molar-refractivity contribution < 1.29 is 14.0 Å². The molecule has 0 bridgehead atoms. The van der Waals surface area contributed by atoms with E-state index in [-0.39, 0.29) is 5.82 Å². The van der Waals surface area contributed by atoms with Crippen LogP contribution in [0.3, 0.4) is 0 Å². The fraction of sp³-hybridized carbons (Fsp3) is 0.391. The molecule has 160 valence electrons. The summed E-state index contributed by atoms with van der Waals surface area (Å²) in [5, 5.41) is 5.38. The zero-order valence-corrected chi connectivity index (χ0v) is 17.6. The molecule has 1 heterocycles. The van der Waals surface area contributed by atoms with E-state index in [0.29, 0.717) is 17.9 Å². The minimum absolute atomic E-state index is 0.187. The summed E-state index contributed by atoms with van der Waals surface area (Å²) in [5.74, 6) is -1.46. The number of nitrogens with one attached hydrogen (secondary N) is 2. The van der Waals surface area contributed by atoms with Gasteiger partial charge in [-0.15, -0.1) is 0 Å². The van der Waals surface area contributed by atoms with E-state index in [1.54, 1.807) is 6.07 Å². The highest BCUT2D eigenvalue weighted by Gasteiger charge is 2.19. The number of benzene rings is 2. The van der Waals surface area contributed by atoms with Crippen molar-refractivity contribution in [1.29, 1.82) is 0 Å². The zero-order valence-electron chi connectivity index (χ0n) is 17.6. The van der Waals surface area contributed by atoms with Crippen molar-refractivity contribution in [3.8, 4) is 0 Å². The third-order valence-electron chi connectivity index (χ3n) is 5.43. The minimum atomic E-state index is -0.647. The molecule has 3 rings (SSSR count). The van der Waals surface area contributed by atoms with Gasteiger partial charge >= 0.3 is 11.8 Å². The van der Waals surface area contributed by atoms with Gasteiger partial charge in [0.05, 0.1) is 5.69 Å². The number of amides is 2. The molecule has 7 heteroatoms. The number of aryl methyl sites for hydroxylation is 2. The first-order valence-corrected chi connectivity index (χ1v) is 10.3. The maximum Gasteiger partial charge on any atom is 0.313 e. The summed E-state index contributed by atoms with van der Waals surface area (Å²) in [6, 6.07) is 12.6. The van der Waals surface area contributed by atoms with Crippen molar-refractivity contribution in [1.82, 2.24) is 10.2 Å². The first-order chi connectivity index (χ1) is 14.5. The van der Waals surface area contributed by atoms with Gasteiger partial charge in [-0.25, -0.2) is 4.39 Å². The number of hydrogen-bond acceptors (Lipinski definition) is 4. The molecular weight excluding hydrogens is 383 g/mol. The number of carbonyl (C=O) groups excluding carboxylic acids is 2. The predicted octanol–water partition coefficient (Wildman–Crippen LogP) is 2.71. The lowest BCUT2D eigenvalue weighted by atomic mass is 10.1. The van der Waals surface area contributed by atoms with Crippen molar-refractivity contribution >= 4 is 23.2 Å². The van der Waals surface area contributed by atoms with Gasteiger partial charge in [-0.1, -0.05) is 30.3 Å². The van der Waals surface area contributed by atoms with E-state index in [1.807, 2.05) is 44.2 Å². The summed E-state index contributed by atoms with van der Waals surface area (Å²) in [6.07, 6.45) is 0.752. The van der Waals surface area contributed by atoms with E-state index in [4.69, 9.17) is 0 Å². The van der Waals surface area contributed by atoms with Gasteiger partial charge in [0.25, 0.3) is 0 Å². The third-order valence-corrected chi connectivity index (χ3v) is 5.43. The Hall–Kier alpha value is -2.93. The van der Waals surface area contributed by atoms with E-state index < -0.39 is 11.8 Å². The minimum Gasteiger partial charge on any atom is -0.367 e. The Morgan fingerprint density at radius 1 is 0.933 bits per heavy atom. The molecule has 1 aliphatic heterocycles. The average molecular weight is 413 g/mol. The molecule has 1 fully saturated rings. The summed E-state index contributed by atoms with van der Waals surface area (Å²) in [6.45, 7) is 8.27. The molecular formula is C23H29FN4O2. The van der Waals surface area contributed by atoms with Gasteiger partial charge < -0.3 is 15.5 Å². The van der Waals surface area contributed by atoms with Crippen molar-refractivity contribution in [2.24, 2.45) is 0 Å². The number of piperazine rings is 1. The van der Waals surface area contributed by atoms with Gasteiger partial charge in [0.2, 0.25) is 0 Å². The molecule has 2 aromatic carbocycles. The molecule has 0 radical (unpaired) electrons. The fourth-order valence-corrected chi connectivity index (χ4v) is 3.69.